The quantitative estimate of drug-likeness (QED) is 0.374. The van der Waals surface area contributed by atoms with Crippen LogP contribution in [0.15, 0.2) is 33.9 Å². The maximum absolute atomic E-state index is 11.2. The molecule has 0 aliphatic rings. The van der Waals surface area contributed by atoms with Gasteiger partial charge in [-0.1, -0.05) is 23.9 Å². The number of carbonyl (C=O) groups excluding carboxylic acids is 1. The Morgan fingerprint density at radius 1 is 1.39 bits per heavy atom. The predicted molar refractivity (Wildman–Crippen MR) is 66.7 cm³/mol. The Hall–Kier alpha value is -1.86. The van der Waals surface area contributed by atoms with Crippen LogP contribution in [-0.2, 0) is 5.75 Å². The number of hydrazine groups is 1. The third kappa shape index (κ3) is 3.08. The van der Waals surface area contributed by atoms with E-state index in [1.54, 1.807) is 19.1 Å². The van der Waals surface area contributed by atoms with Gasteiger partial charge in [0, 0.05) is 18.2 Å². The van der Waals surface area contributed by atoms with Gasteiger partial charge >= 0.3 is 0 Å². The summed E-state index contributed by atoms with van der Waals surface area (Å²) >= 11 is 1.45. The fraction of sp³-hybridized carbons (Fsp3) is 0.182. The minimum absolute atomic E-state index is 0.304. The first-order valence-electron chi connectivity index (χ1n) is 5.22. The van der Waals surface area contributed by atoms with Gasteiger partial charge in [0.05, 0.1) is 0 Å². The highest BCUT2D eigenvalue weighted by molar-refractivity contribution is 7.98. The van der Waals surface area contributed by atoms with Crippen LogP contribution in [0.2, 0.25) is 0 Å². The molecule has 18 heavy (non-hydrogen) atoms. The van der Waals surface area contributed by atoms with Crippen LogP contribution in [-0.4, -0.2) is 16.1 Å². The number of hydrogen-bond acceptors (Lipinski definition) is 6. The Morgan fingerprint density at radius 3 is 2.67 bits per heavy atom. The van der Waals surface area contributed by atoms with Crippen LogP contribution >= 0.6 is 11.8 Å². The molecule has 0 atom stereocenters. The Labute approximate surface area is 108 Å². The molecule has 1 aromatic heterocycles. The van der Waals surface area contributed by atoms with Crippen LogP contribution in [0.1, 0.15) is 21.8 Å². The zero-order valence-electron chi connectivity index (χ0n) is 9.71. The van der Waals surface area contributed by atoms with E-state index >= 15 is 0 Å². The number of thioether (sulfide) groups is 1. The smallest absolute Gasteiger partial charge is 0.276 e. The van der Waals surface area contributed by atoms with Crippen molar-refractivity contribution in [2.24, 2.45) is 5.84 Å². The van der Waals surface area contributed by atoms with Gasteiger partial charge in [-0.25, -0.2) is 5.84 Å². The molecule has 3 N–H and O–H groups in total. The summed E-state index contributed by atoms with van der Waals surface area (Å²) in [5, 5.41) is 8.17. The van der Waals surface area contributed by atoms with E-state index in [1.807, 2.05) is 12.1 Å². The molecule has 0 aliphatic carbocycles. The number of nitrogen functional groups attached to an aromatic ring is 1. The molecule has 0 radical (unpaired) electrons. The molecule has 6 nitrogen and oxygen atoms in total. The van der Waals surface area contributed by atoms with E-state index in [4.69, 9.17) is 10.3 Å². The van der Waals surface area contributed by atoms with Gasteiger partial charge in [0.1, 0.15) is 0 Å². The van der Waals surface area contributed by atoms with Gasteiger partial charge in [-0.3, -0.25) is 10.2 Å². The molecule has 0 spiro atoms. The van der Waals surface area contributed by atoms with Crippen molar-refractivity contribution in [2.75, 3.05) is 0 Å². The molecule has 2 aromatic rings. The third-order valence-electron chi connectivity index (χ3n) is 2.22. The molecule has 0 fully saturated rings. The normalized spacial score (nSPS) is 10.3. The van der Waals surface area contributed by atoms with Crippen molar-refractivity contribution in [3.8, 4) is 0 Å². The number of aromatic nitrogens is 2. The fourth-order valence-corrected chi connectivity index (χ4v) is 2.08. The zero-order chi connectivity index (χ0) is 13.0. The van der Waals surface area contributed by atoms with Gasteiger partial charge in [-0.15, -0.1) is 10.2 Å². The lowest BCUT2D eigenvalue weighted by molar-refractivity contribution is 0.0953. The lowest BCUT2D eigenvalue weighted by atomic mass is 10.1. The standard InChI is InChI=1S/C11H12N4O2S/c1-7-14-15-11(17-7)18-6-8-2-4-9(5-3-8)10(16)13-12/h2-5H,6,12H2,1H3,(H,13,16). The Morgan fingerprint density at radius 2 is 2.11 bits per heavy atom. The van der Waals surface area contributed by atoms with Crippen molar-refractivity contribution in [2.45, 2.75) is 17.9 Å². The SMILES string of the molecule is Cc1nnc(SCc2ccc(C(=O)NN)cc2)o1. The lowest BCUT2D eigenvalue weighted by Crippen LogP contribution is -2.29. The predicted octanol–water partition coefficient (Wildman–Crippen LogP) is 1.27. The summed E-state index contributed by atoms with van der Waals surface area (Å²) in [6.45, 7) is 1.75. The summed E-state index contributed by atoms with van der Waals surface area (Å²) in [7, 11) is 0. The first-order chi connectivity index (χ1) is 8.69. The first kappa shape index (κ1) is 12.6. The van der Waals surface area contributed by atoms with Crippen molar-refractivity contribution in [3.05, 3.63) is 41.3 Å². The van der Waals surface area contributed by atoms with Crippen LogP contribution < -0.4 is 11.3 Å². The molecular weight excluding hydrogens is 252 g/mol. The van der Waals surface area contributed by atoms with E-state index in [-0.39, 0.29) is 5.91 Å². The molecule has 0 bridgehead atoms. The molecule has 7 heteroatoms. The summed E-state index contributed by atoms with van der Waals surface area (Å²) in [6, 6.07) is 7.16. The van der Waals surface area contributed by atoms with Crippen LogP contribution in [0.25, 0.3) is 0 Å². The molecule has 1 heterocycles. The van der Waals surface area contributed by atoms with Crippen LogP contribution in [0.5, 0.6) is 0 Å². The number of nitrogens with one attached hydrogen (secondary N) is 1. The fourth-order valence-electron chi connectivity index (χ4n) is 1.32. The lowest BCUT2D eigenvalue weighted by Gasteiger charge is -2.01. The van der Waals surface area contributed by atoms with Crippen molar-refractivity contribution >= 4 is 17.7 Å². The highest BCUT2D eigenvalue weighted by Crippen LogP contribution is 2.21. The Balaban J connectivity index is 1.96. The second-order valence-corrected chi connectivity index (χ2v) is 4.47. The number of nitrogens with zero attached hydrogens (tertiary/aromatic N) is 2. The van der Waals surface area contributed by atoms with Crippen LogP contribution in [0.4, 0.5) is 0 Å². The van der Waals surface area contributed by atoms with Gasteiger partial charge in [0.25, 0.3) is 11.1 Å². The largest absolute Gasteiger partial charge is 0.416 e. The molecule has 0 saturated carbocycles. The number of rotatable bonds is 4. The van der Waals surface area contributed by atoms with E-state index in [1.165, 1.54) is 11.8 Å². The average Bonchev–Trinajstić information content (AvgIpc) is 2.82. The van der Waals surface area contributed by atoms with Crippen LogP contribution in [0, 0.1) is 6.92 Å². The number of aryl methyl sites for hydroxylation is 1. The Kier molecular flexibility index (Phi) is 3.96. The van der Waals surface area contributed by atoms with Crippen molar-refractivity contribution in [3.63, 3.8) is 0 Å². The van der Waals surface area contributed by atoms with Crippen molar-refractivity contribution in [1.82, 2.24) is 15.6 Å². The van der Waals surface area contributed by atoms with E-state index in [0.29, 0.717) is 22.4 Å². The number of hydrogen-bond donors (Lipinski definition) is 2. The first-order valence-corrected chi connectivity index (χ1v) is 6.20. The third-order valence-corrected chi connectivity index (χ3v) is 3.11. The average molecular weight is 264 g/mol. The van der Waals surface area contributed by atoms with Crippen molar-refractivity contribution < 1.29 is 9.21 Å². The summed E-state index contributed by atoms with van der Waals surface area (Å²) < 4.78 is 5.24. The van der Waals surface area contributed by atoms with E-state index in [0.717, 1.165) is 5.56 Å². The second kappa shape index (κ2) is 5.65. The van der Waals surface area contributed by atoms with Crippen LogP contribution in [0.3, 0.4) is 0 Å². The van der Waals surface area contributed by atoms with Gasteiger partial charge in [-0.05, 0) is 17.7 Å². The maximum Gasteiger partial charge on any atom is 0.276 e. The monoisotopic (exact) mass is 264 g/mol. The number of benzene rings is 1. The molecule has 0 saturated heterocycles. The maximum atomic E-state index is 11.2. The van der Waals surface area contributed by atoms with Gasteiger partial charge in [0.15, 0.2) is 0 Å². The topological polar surface area (TPSA) is 94.0 Å². The van der Waals surface area contributed by atoms with E-state index in [9.17, 15) is 4.79 Å². The summed E-state index contributed by atoms with van der Waals surface area (Å²) in [5.41, 5.74) is 3.67. The summed E-state index contributed by atoms with van der Waals surface area (Å²) in [4.78, 5) is 11.2. The van der Waals surface area contributed by atoms with Gasteiger partial charge < -0.3 is 4.42 Å². The Bertz CT molecular complexity index is 538. The van der Waals surface area contributed by atoms with Crippen molar-refractivity contribution in [1.29, 1.82) is 0 Å². The van der Waals surface area contributed by atoms with Gasteiger partial charge in [-0.2, -0.15) is 0 Å². The second-order valence-electron chi connectivity index (χ2n) is 3.55. The molecule has 0 aliphatic heterocycles. The number of carbonyl (C=O) groups is 1. The minimum atomic E-state index is -0.304. The van der Waals surface area contributed by atoms with Gasteiger partial charge in [0.2, 0.25) is 5.89 Å². The number of amides is 1. The molecular formula is C11H12N4O2S. The molecule has 94 valence electrons. The minimum Gasteiger partial charge on any atom is -0.416 e. The number of nitrogens with two attached hydrogens (primary N) is 1. The zero-order valence-corrected chi connectivity index (χ0v) is 10.5. The summed E-state index contributed by atoms with van der Waals surface area (Å²) in [6.07, 6.45) is 0. The summed E-state index contributed by atoms with van der Waals surface area (Å²) in [5.74, 6) is 5.99. The molecule has 1 amide bonds. The molecule has 1 aromatic carbocycles. The highest BCUT2D eigenvalue weighted by atomic mass is 32.2. The molecule has 2 rings (SSSR count). The molecule has 0 unspecified atom stereocenters. The van der Waals surface area contributed by atoms with E-state index < -0.39 is 0 Å². The highest BCUT2D eigenvalue weighted by Gasteiger charge is 2.05. The van der Waals surface area contributed by atoms with E-state index in [2.05, 4.69) is 15.6 Å².